The molecule has 1 aromatic heterocycles. The molecule has 0 saturated carbocycles. The van der Waals surface area contributed by atoms with Crippen LogP contribution in [0.4, 0.5) is 34.1 Å². The van der Waals surface area contributed by atoms with Crippen LogP contribution in [0.2, 0.25) is 0 Å². The molecule has 0 spiro atoms. The van der Waals surface area contributed by atoms with Crippen LogP contribution in [0.25, 0.3) is 65.3 Å². The molecule has 3 heteroatoms. The SMILES string of the molecule is Cn1c2cc(N(c3ccccc3)c3ccccc3)ccc2c2c3cccc4cc5c6c(ccc(c6c43)c21)C(C)(C)c1cc(N(c2ccccc2)c2ccccc2)ccc1-5. The van der Waals surface area contributed by atoms with Gasteiger partial charge in [0.25, 0.3) is 0 Å². The summed E-state index contributed by atoms with van der Waals surface area (Å²) in [6.45, 7) is 4.83. The van der Waals surface area contributed by atoms with Gasteiger partial charge in [-0.2, -0.15) is 0 Å². The van der Waals surface area contributed by atoms with Crippen LogP contribution in [0.15, 0.2) is 194 Å². The van der Waals surface area contributed by atoms with E-state index in [1.54, 1.807) is 0 Å². The summed E-state index contributed by atoms with van der Waals surface area (Å²) in [7, 11) is 2.26. The minimum absolute atomic E-state index is 0.245. The number of aryl methyl sites for hydroxylation is 1. The fourth-order valence-electron chi connectivity index (χ4n) is 10.4. The Labute approximate surface area is 343 Å². The summed E-state index contributed by atoms with van der Waals surface area (Å²) in [5.41, 5.74) is 14.5. The van der Waals surface area contributed by atoms with Crippen molar-refractivity contribution in [3.63, 3.8) is 0 Å². The highest BCUT2D eigenvalue weighted by molar-refractivity contribution is 6.39. The molecule has 0 unspecified atom stereocenters. The van der Waals surface area contributed by atoms with Crippen LogP contribution in [-0.2, 0) is 12.5 Å². The van der Waals surface area contributed by atoms with Gasteiger partial charge in [0.15, 0.2) is 0 Å². The molecule has 11 aromatic rings. The van der Waals surface area contributed by atoms with Crippen molar-refractivity contribution in [1.82, 2.24) is 4.57 Å². The average molecular weight is 756 g/mol. The number of hydrogen-bond acceptors (Lipinski definition) is 2. The highest BCUT2D eigenvalue weighted by atomic mass is 15.1. The van der Waals surface area contributed by atoms with E-state index in [0.717, 1.165) is 34.1 Å². The molecule has 0 atom stereocenters. The fraction of sp³-hybridized carbons (Fsp3) is 0.0714. The first kappa shape index (κ1) is 33.7. The Morgan fingerprint density at radius 3 is 1.51 bits per heavy atom. The van der Waals surface area contributed by atoms with Crippen LogP contribution < -0.4 is 9.80 Å². The van der Waals surface area contributed by atoms with Gasteiger partial charge in [0, 0.05) is 68.1 Å². The molecule has 1 aliphatic carbocycles. The third kappa shape index (κ3) is 4.82. The van der Waals surface area contributed by atoms with Crippen molar-refractivity contribution in [3.8, 4) is 11.1 Å². The number of anilines is 6. The Morgan fingerprint density at radius 2 is 0.915 bits per heavy atom. The molecule has 0 aliphatic heterocycles. The summed E-state index contributed by atoms with van der Waals surface area (Å²) in [6, 6.07) is 71.2. The average Bonchev–Trinajstić information content (AvgIpc) is 3.58. The lowest BCUT2D eigenvalue weighted by molar-refractivity contribution is 0.645. The van der Waals surface area contributed by atoms with Gasteiger partial charge in [0.2, 0.25) is 0 Å². The number of rotatable bonds is 6. The lowest BCUT2D eigenvalue weighted by atomic mass is 9.67. The van der Waals surface area contributed by atoms with Crippen molar-refractivity contribution in [2.24, 2.45) is 7.05 Å². The normalized spacial score (nSPS) is 13.1. The topological polar surface area (TPSA) is 11.4 Å². The molecular weight excluding hydrogens is 715 g/mol. The van der Waals surface area contributed by atoms with E-state index in [-0.39, 0.29) is 5.41 Å². The molecule has 1 heterocycles. The zero-order valence-electron chi connectivity index (χ0n) is 33.3. The molecule has 0 fully saturated rings. The zero-order chi connectivity index (χ0) is 39.4. The summed E-state index contributed by atoms with van der Waals surface area (Å²) in [5.74, 6) is 0. The van der Waals surface area contributed by atoms with Crippen LogP contribution in [0, 0.1) is 0 Å². The second kappa shape index (κ2) is 12.6. The molecule has 10 aromatic carbocycles. The molecule has 0 N–H and O–H groups in total. The molecule has 1 aliphatic rings. The van der Waals surface area contributed by atoms with Crippen molar-refractivity contribution in [3.05, 3.63) is 205 Å². The van der Waals surface area contributed by atoms with Gasteiger partial charge in [-0.15, -0.1) is 0 Å². The highest BCUT2D eigenvalue weighted by Gasteiger charge is 2.36. The Hall–Kier alpha value is -7.36. The van der Waals surface area contributed by atoms with E-state index in [2.05, 4.69) is 229 Å². The molecule has 3 nitrogen and oxygen atoms in total. The Bertz CT molecular complexity index is 3320. The molecule has 0 amide bonds. The van der Waals surface area contributed by atoms with Crippen LogP contribution in [0.1, 0.15) is 25.0 Å². The fourth-order valence-corrected chi connectivity index (χ4v) is 10.4. The molecule has 0 saturated heterocycles. The van der Waals surface area contributed by atoms with E-state index < -0.39 is 0 Å². The monoisotopic (exact) mass is 755 g/mol. The van der Waals surface area contributed by atoms with Gasteiger partial charge in [-0.05, 0) is 123 Å². The number of nitrogens with zero attached hydrogens (tertiary/aromatic N) is 3. The van der Waals surface area contributed by atoms with E-state index >= 15 is 0 Å². The number of hydrogen-bond donors (Lipinski definition) is 0. The maximum absolute atomic E-state index is 2.47. The second-order valence-electron chi connectivity index (χ2n) is 16.6. The van der Waals surface area contributed by atoms with Crippen molar-refractivity contribution in [1.29, 1.82) is 0 Å². The Balaban J connectivity index is 1.11. The van der Waals surface area contributed by atoms with Gasteiger partial charge in [0.1, 0.15) is 0 Å². The van der Waals surface area contributed by atoms with Gasteiger partial charge >= 0.3 is 0 Å². The van der Waals surface area contributed by atoms with Crippen LogP contribution in [0.5, 0.6) is 0 Å². The third-order valence-corrected chi connectivity index (χ3v) is 13.0. The van der Waals surface area contributed by atoms with Crippen LogP contribution in [0.3, 0.4) is 0 Å². The molecule has 0 bridgehead atoms. The van der Waals surface area contributed by atoms with Gasteiger partial charge < -0.3 is 14.4 Å². The molecule has 280 valence electrons. The second-order valence-corrected chi connectivity index (χ2v) is 16.6. The first-order chi connectivity index (χ1) is 29.0. The number of para-hydroxylation sites is 4. The van der Waals surface area contributed by atoms with Crippen LogP contribution in [-0.4, -0.2) is 4.57 Å². The summed E-state index contributed by atoms with van der Waals surface area (Å²) >= 11 is 0. The first-order valence-corrected chi connectivity index (χ1v) is 20.6. The zero-order valence-corrected chi connectivity index (χ0v) is 33.3. The molecule has 0 radical (unpaired) electrons. The van der Waals surface area contributed by atoms with Gasteiger partial charge in [0.05, 0.1) is 11.0 Å². The maximum atomic E-state index is 2.47. The first-order valence-electron chi connectivity index (χ1n) is 20.6. The van der Waals surface area contributed by atoms with Crippen molar-refractivity contribution >= 4 is 88.2 Å². The molecular formula is C56H41N3. The maximum Gasteiger partial charge on any atom is 0.0575 e. The number of aromatic nitrogens is 1. The molecule has 12 rings (SSSR count). The van der Waals surface area contributed by atoms with E-state index in [1.165, 1.54) is 76.4 Å². The summed E-state index contributed by atoms with van der Waals surface area (Å²) in [4.78, 5) is 4.73. The lowest BCUT2D eigenvalue weighted by Gasteiger charge is -2.37. The lowest BCUT2D eigenvalue weighted by Crippen LogP contribution is -2.24. The molecule has 59 heavy (non-hydrogen) atoms. The Kier molecular flexibility index (Phi) is 7.19. The van der Waals surface area contributed by atoms with Crippen LogP contribution >= 0.6 is 0 Å². The summed E-state index contributed by atoms with van der Waals surface area (Å²) < 4.78 is 2.45. The van der Waals surface area contributed by atoms with E-state index in [9.17, 15) is 0 Å². The van der Waals surface area contributed by atoms with Gasteiger partial charge in [-0.25, -0.2) is 0 Å². The minimum atomic E-state index is -0.245. The van der Waals surface area contributed by atoms with Crippen molar-refractivity contribution < 1.29 is 0 Å². The van der Waals surface area contributed by atoms with E-state index in [0.29, 0.717) is 0 Å². The number of benzene rings is 10. The quantitative estimate of drug-likeness (QED) is 0.157. The standard InChI is InChI=1S/C56H41N3/c1-56(2)48-32-31-46-54-51-36(33-47(53(48)54)43-29-27-41(34-49(43)56)58(37-18-8-4-9-19-37)38-20-10-5-11-21-38)17-16-26-45(51)52-44-30-28-42(35-50(44)57(3)55(46)52)59(39-22-12-6-13-23-39)40-24-14-7-15-25-40/h4-35H,1-3H3. The third-order valence-electron chi connectivity index (χ3n) is 13.0. The van der Waals surface area contributed by atoms with Crippen molar-refractivity contribution in [2.45, 2.75) is 19.3 Å². The predicted molar refractivity (Wildman–Crippen MR) is 251 cm³/mol. The summed E-state index contributed by atoms with van der Waals surface area (Å²) in [5, 5.41) is 10.6. The van der Waals surface area contributed by atoms with Gasteiger partial charge in [-0.3, -0.25) is 0 Å². The Morgan fingerprint density at radius 1 is 0.373 bits per heavy atom. The highest BCUT2D eigenvalue weighted by Crippen LogP contribution is 2.55. The van der Waals surface area contributed by atoms with Gasteiger partial charge in [-0.1, -0.05) is 129 Å². The smallest absolute Gasteiger partial charge is 0.0575 e. The summed E-state index contributed by atoms with van der Waals surface area (Å²) in [6.07, 6.45) is 0. The number of fused-ring (bicyclic) bond motifs is 7. The minimum Gasteiger partial charge on any atom is -0.343 e. The van der Waals surface area contributed by atoms with E-state index in [1.807, 2.05) is 0 Å². The van der Waals surface area contributed by atoms with Crippen molar-refractivity contribution in [2.75, 3.05) is 9.80 Å². The largest absolute Gasteiger partial charge is 0.343 e. The van der Waals surface area contributed by atoms with E-state index in [4.69, 9.17) is 0 Å². The predicted octanol–water partition coefficient (Wildman–Crippen LogP) is 15.5.